The Balaban J connectivity index is 1.57. The van der Waals surface area contributed by atoms with E-state index in [9.17, 15) is 9.59 Å². The fourth-order valence-electron chi connectivity index (χ4n) is 2.82. The number of anilines is 1. The van der Waals surface area contributed by atoms with Crippen molar-refractivity contribution in [1.29, 1.82) is 0 Å². The van der Waals surface area contributed by atoms with E-state index in [2.05, 4.69) is 43.4 Å². The molecule has 0 fully saturated rings. The second-order valence-corrected chi connectivity index (χ2v) is 9.00. The van der Waals surface area contributed by atoms with Gasteiger partial charge in [0.25, 0.3) is 5.91 Å². The van der Waals surface area contributed by atoms with E-state index in [1.165, 1.54) is 11.8 Å². The van der Waals surface area contributed by atoms with Crippen LogP contribution in [-0.2, 0) is 11.8 Å². The highest BCUT2D eigenvalue weighted by molar-refractivity contribution is 14.1. The summed E-state index contributed by atoms with van der Waals surface area (Å²) < 4.78 is 2.90. The van der Waals surface area contributed by atoms with Gasteiger partial charge in [-0.25, -0.2) is 0 Å². The fourth-order valence-corrected chi connectivity index (χ4v) is 3.90. The number of thioether (sulfide) groups is 1. The molecule has 0 radical (unpaired) electrons. The van der Waals surface area contributed by atoms with E-state index in [-0.39, 0.29) is 23.6 Å². The van der Waals surface area contributed by atoms with Gasteiger partial charge in [-0.3, -0.25) is 9.59 Å². The Morgan fingerprint density at radius 2 is 1.90 bits per heavy atom. The maximum Gasteiger partial charge on any atom is 0.251 e. The Morgan fingerprint density at radius 1 is 1.17 bits per heavy atom. The zero-order valence-corrected chi connectivity index (χ0v) is 19.8. The minimum absolute atomic E-state index is 0.119. The zero-order valence-electron chi connectivity index (χ0n) is 16.8. The van der Waals surface area contributed by atoms with Gasteiger partial charge in [-0.2, -0.15) is 0 Å². The van der Waals surface area contributed by atoms with Crippen LogP contribution in [0.3, 0.4) is 0 Å². The average Bonchev–Trinajstić information content (AvgIpc) is 3.08. The van der Waals surface area contributed by atoms with Crippen LogP contribution in [-0.4, -0.2) is 32.3 Å². The number of halogens is 1. The van der Waals surface area contributed by atoms with Crippen molar-refractivity contribution in [1.82, 2.24) is 20.1 Å². The highest BCUT2D eigenvalue weighted by Crippen LogP contribution is 2.20. The van der Waals surface area contributed by atoms with Gasteiger partial charge < -0.3 is 15.2 Å². The van der Waals surface area contributed by atoms with Crippen molar-refractivity contribution >= 4 is 51.9 Å². The lowest BCUT2D eigenvalue weighted by molar-refractivity contribution is -0.113. The number of hydrogen-bond acceptors (Lipinski definition) is 5. The number of hydrogen-bond donors (Lipinski definition) is 2. The van der Waals surface area contributed by atoms with Crippen LogP contribution in [0.25, 0.3) is 0 Å². The monoisotopic (exact) mass is 535 g/mol. The molecule has 0 saturated carbocycles. The van der Waals surface area contributed by atoms with Crippen LogP contribution in [0.1, 0.15) is 34.7 Å². The Labute approximate surface area is 193 Å². The Bertz CT molecular complexity index is 1050. The van der Waals surface area contributed by atoms with Gasteiger partial charge in [-0.05, 0) is 72.8 Å². The molecule has 0 aliphatic carbocycles. The summed E-state index contributed by atoms with van der Waals surface area (Å²) >= 11 is 3.51. The van der Waals surface area contributed by atoms with Gasteiger partial charge in [0, 0.05) is 21.9 Å². The van der Waals surface area contributed by atoms with Crippen LogP contribution in [0.15, 0.2) is 53.7 Å². The molecule has 0 bridgehead atoms. The summed E-state index contributed by atoms with van der Waals surface area (Å²) in [5, 5.41) is 14.8. The van der Waals surface area contributed by atoms with Crippen molar-refractivity contribution < 1.29 is 9.59 Å². The molecule has 0 unspecified atom stereocenters. The number of nitrogens with one attached hydrogen (secondary N) is 2. The van der Waals surface area contributed by atoms with Gasteiger partial charge in [0.2, 0.25) is 5.91 Å². The molecule has 0 spiro atoms. The van der Waals surface area contributed by atoms with Crippen molar-refractivity contribution in [3.63, 3.8) is 0 Å². The minimum Gasteiger partial charge on any atom is -0.342 e. The van der Waals surface area contributed by atoms with Crippen molar-refractivity contribution in [2.24, 2.45) is 7.05 Å². The van der Waals surface area contributed by atoms with Crippen LogP contribution in [0, 0.1) is 10.5 Å². The number of amides is 2. The summed E-state index contributed by atoms with van der Waals surface area (Å²) in [5.41, 5.74) is 2.38. The molecular formula is C21H22IN5O2S. The maximum atomic E-state index is 12.5. The fraction of sp³-hybridized carbons (Fsp3) is 0.238. The minimum atomic E-state index is -0.328. The smallest absolute Gasteiger partial charge is 0.251 e. The highest BCUT2D eigenvalue weighted by atomic mass is 127. The quantitative estimate of drug-likeness (QED) is 0.354. The number of rotatable bonds is 7. The lowest BCUT2D eigenvalue weighted by atomic mass is 10.1. The molecule has 156 valence electrons. The van der Waals surface area contributed by atoms with E-state index >= 15 is 0 Å². The van der Waals surface area contributed by atoms with Gasteiger partial charge in [-0.1, -0.05) is 29.5 Å². The number of nitrogens with zero attached hydrogens (tertiary/aromatic N) is 3. The van der Waals surface area contributed by atoms with E-state index in [1.807, 2.05) is 63.4 Å². The molecule has 1 atom stereocenters. The second kappa shape index (κ2) is 10.1. The molecule has 2 N–H and O–H groups in total. The molecule has 2 aromatic carbocycles. The first-order valence-corrected chi connectivity index (χ1v) is 11.3. The standard InChI is InChI=1S/C21H22IN5O2S/c1-13-5-4-6-15(11-13)20(29)23-14(2)19-25-26-21(27(19)3)30-12-18(28)24-17-9-7-16(22)8-10-17/h4-11,14H,12H2,1-3H3,(H,23,29)(H,24,28)/t14-/m0/s1. The normalized spacial score (nSPS) is 11.7. The van der Waals surface area contributed by atoms with Crippen molar-refractivity contribution in [3.05, 3.63) is 69.1 Å². The van der Waals surface area contributed by atoms with Gasteiger partial charge in [0.1, 0.15) is 0 Å². The largest absolute Gasteiger partial charge is 0.342 e. The lowest BCUT2D eigenvalue weighted by Gasteiger charge is -2.14. The van der Waals surface area contributed by atoms with Crippen molar-refractivity contribution in [3.8, 4) is 0 Å². The van der Waals surface area contributed by atoms with Gasteiger partial charge >= 0.3 is 0 Å². The van der Waals surface area contributed by atoms with E-state index < -0.39 is 0 Å². The lowest BCUT2D eigenvalue weighted by Crippen LogP contribution is -2.28. The molecule has 9 heteroatoms. The number of benzene rings is 2. The molecule has 3 rings (SSSR count). The molecule has 30 heavy (non-hydrogen) atoms. The number of carbonyl (C=O) groups excluding carboxylic acids is 2. The first-order chi connectivity index (χ1) is 14.3. The van der Waals surface area contributed by atoms with Gasteiger partial charge in [0.05, 0.1) is 11.8 Å². The predicted molar refractivity (Wildman–Crippen MR) is 127 cm³/mol. The van der Waals surface area contributed by atoms with Crippen LogP contribution >= 0.6 is 34.4 Å². The van der Waals surface area contributed by atoms with Gasteiger partial charge in [-0.15, -0.1) is 10.2 Å². The molecule has 2 amide bonds. The molecule has 0 aliphatic rings. The summed E-state index contributed by atoms with van der Waals surface area (Å²) in [6, 6.07) is 14.7. The SMILES string of the molecule is Cc1cccc(C(=O)N[C@@H](C)c2nnc(SCC(=O)Nc3ccc(I)cc3)n2C)c1. The summed E-state index contributed by atoms with van der Waals surface area (Å²) in [6.07, 6.45) is 0. The van der Waals surface area contributed by atoms with Crippen LogP contribution in [0.5, 0.6) is 0 Å². The summed E-state index contributed by atoms with van der Waals surface area (Å²) in [5.74, 6) is 0.547. The molecule has 3 aromatic rings. The third-order valence-corrected chi connectivity index (χ3v) is 6.08. The van der Waals surface area contributed by atoms with Crippen LogP contribution in [0.4, 0.5) is 5.69 Å². The molecule has 7 nitrogen and oxygen atoms in total. The summed E-state index contributed by atoms with van der Waals surface area (Å²) in [7, 11) is 1.82. The predicted octanol–water partition coefficient (Wildman–Crippen LogP) is 3.95. The first-order valence-electron chi connectivity index (χ1n) is 9.28. The van der Waals surface area contributed by atoms with Crippen molar-refractivity contribution in [2.45, 2.75) is 25.0 Å². The number of carbonyl (C=O) groups is 2. The molecule has 1 aromatic heterocycles. The number of aromatic nitrogens is 3. The van der Waals surface area contributed by atoms with Crippen molar-refractivity contribution in [2.75, 3.05) is 11.1 Å². The van der Waals surface area contributed by atoms with Crippen LogP contribution in [0.2, 0.25) is 0 Å². The summed E-state index contributed by atoms with van der Waals surface area (Å²) in [4.78, 5) is 24.7. The van der Waals surface area contributed by atoms with E-state index in [0.29, 0.717) is 16.5 Å². The van der Waals surface area contributed by atoms with E-state index in [0.717, 1.165) is 14.8 Å². The second-order valence-electron chi connectivity index (χ2n) is 6.81. The zero-order chi connectivity index (χ0) is 21.7. The third kappa shape index (κ3) is 5.82. The molecule has 0 aliphatic heterocycles. The van der Waals surface area contributed by atoms with Gasteiger partial charge in [0.15, 0.2) is 11.0 Å². The summed E-state index contributed by atoms with van der Waals surface area (Å²) in [6.45, 7) is 3.80. The Hall–Kier alpha value is -2.40. The molecule has 0 saturated heterocycles. The Kier molecular flexibility index (Phi) is 7.48. The van der Waals surface area contributed by atoms with E-state index in [4.69, 9.17) is 0 Å². The van der Waals surface area contributed by atoms with E-state index in [1.54, 1.807) is 10.6 Å². The Morgan fingerprint density at radius 3 is 2.60 bits per heavy atom. The third-order valence-electron chi connectivity index (χ3n) is 4.34. The number of aryl methyl sites for hydroxylation is 1. The highest BCUT2D eigenvalue weighted by Gasteiger charge is 2.19. The maximum absolute atomic E-state index is 12.5. The first kappa shape index (κ1) is 22.3. The van der Waals surface area contributed by atoms with Crippen LogP contribution < -0.4 is 10.6 Å². The molecule has 1 heterocycles. The topological polar surface area (TPSA) is 88.9 Å². The average molecular weight is 535 g/mol. The molecular weight excluding hydrogens is 513 g/mol.